The van der Waals surface area contributed by atoms with Crippen LogP contribution in [0.3, 0.4) is 0 Å². The van der Waals surface area contributed by atoms with Gasteiger partial charge < -0.3 is 10.4 Å². The molecule has 0 bridgehead atoms. The van der Waals surface area contributed by atoms with Crippen LogP contribution in [-0.4, -0.2) is 33.3 Å². The number of carbonyl (C=O) groups excluding carboxylic acids is 1. The Hall–Kier alpha value is -1.85. The molecular formula is C15H25N3O3. The van der Waals surface area contributed by atoms with Gasteiger partial charge in [0.15, 0.2) is 0 Å². The SMILES string of the molecule is CCC(CNC(=O)CCc1c(C)nn(C)c1C)CC(=O)O. The minimum atomic E-state index is -0.822. The van der Waals surface area contributed by atoms with E-state index in [2.05, 4.69) is 10.4 Å². The smallest absolute Gasteiger partial charge is 0.303 e. The van der Waals surface area contributed by atoms with Gasteiger partial charge in [-0.2, -0.15) is 5.10 Å². The van der Waals surface area contributed by atoms with Gasteiger partial charge in [-0.25, -0.2) is 0 Å². The average molecular weight is 295 g/mol. The van der Waals surface area contributed by atoms with Crippen LogP contribution in [0.5, 0.6) is 0 Å². The Kier molecular flexibility index (Phi) is 6.39. The molecule has 2 N–H and O–H groups in total. The maximum absolute atomic E-state index is 11.9. The van der Waals surface area contributed by atoms with Crippen molar-refractivity contribution in [1.29, 1.82) is 0 Å². The predicted molar refractivity (Wildman–Crippen MR) is 80.0 cm³/mol. The summed E-state index contributed by atoms with van der Waals surface area (Å²) in [5.74, 6) is -0.868. The summed E-state index contributed by atoms with van der Waals surface area (Å²) in [7, 11) is 1.89. The average Bonchev–Trinajstić information content (AvgIpc) is 2.65. The first-order valence-electron chi connectivity index (χ1n) is 7.32. The Balaban J connectivity index is 2.42. The molecule has 1 heterocycles. The van der Waals surface area contributed by atoms with Crippen LogP contribution in [0.2, 0.25) is 0 Å². The molecule has 0 saturated carbocycles. The van der Waals surface area contributed by atoms with Crippen LogP contribution >= 0.6 is 0 Å². The third kappa shape index (κ3) is 5.21. The third-order valence-electron chi connectivity index (χ3n) is 3.89. The van der Waals surface area contributed by atoms with E-state index in [1.54, 1.807) is 0 Å². The number of carboxylic acids is 1. The van der Waals surface area contributed by atoms with Crippen molar-refractivity contribution in [3.63, 3.8) is 0 Å². The van der Waals surface area contributed by atoms with Crippen molar-refractivity contribution < 1.29 is 14.7 Å². The van der Waals surface area contributed by atoms with Crippen LogP contribution in [0, 0.1) is 19.8 Å². The van der Waals surface area contributed by atoms with Gasteiger partial charge in [-0.3, -0.25) is 14.3 Å². The molecule has 1 aromatic rings. The molecule has 0 aromatic carbocycles. The van der Waals surface area contributed by atoms with Crippen molar-refractivity contribution in [3.8, 4) is 0 Å². The van der Waals surface area contributed by atoms with Gasteiger partial charge in [0.25, 0.3) is 0 Å². The number of amides is 1. The zero-order valence-corrected chi connectivity index (χ0v) is 13.3. The van der Waals surface area contributed by atoms with Gasteiger partial charge in [-0.15, -0.1) is 0 Å². The highest BCUT2D eigenvalue weighted by Gasteiger charge is 2.14. The zero-order valence-electron chi connectivity index (χ0n) is 13.3. The number of aryl methyl sites for hydroxylation is 2. The lowest BCUT2D eigenvalue weighted by atomic mass is 10.0. The highest BCUT2D eigenvalue weighted by molar-refractivity contribution is 5.76. The van der Waals surface area contributed by atoms with Gasteiger partial charge in [0.05, 0.1) is 5.69 Å². The van der Waals surface area contributed by atoms with Crippen LogP contribution in [0.4, 0.5) is 0 Å². The van der Waals surface area contributed by atoms with E-state index in [0.29, 0.717) is 19.4 Å². The second kappa shape index (κ2) is 7.81. The molecule has 6 heteroatoms. The number of carbonyl (C=O) groups is 2. The summed E-state index contributed by atoms with van der Waals surface area (Å²) in [4.78, 5) is 22.5. The fraction of sp³-hybridized carbons (Fsp3) is 0.667. The van der Waals surface area contributed by atoms with E-state index >= 15 is 0 Å². The molecule has 0 saturated heterocycles. The number of nitrogens with zero attached hydrogens (tertiary/aromatic N) is 2. The number of rotatable bonds is 8. The summed E-state index contributed by atoms with van der Waals surface area (Å²) in [6.45, 7) is 6.29. The van der Waals surface area contributed by atoms with Crippen molar-refractivity contribution in [3.05, 3.63) is 17.0 Å². The molecule has 0 radical (unpaired) electrons. The highest BCUT2D eigenvalue weighted by Crippen LogP contribution is 2.14. The van der Waals surface area contributed by atoms with Crippen LogP contribution in [0.25, 0.3) is 0 Å². The van der Waals surface area contributed by atoms with E-state index in [9.17, 15) is 9.59 Å². The summed E-state index contributed by atoms with van der Waals surface area (Å²) in [6.07, 6.45) is 1.90. The van der Waals surface area contributed by atoms with Gasteiger partial charge in [0.2, 0.25) is 5.91 Å². The standard InChI is InChI=1S/C15H25N3O3/c1-5-12(8-15(20)21)9-16-14(19)7-6-13-10(2)17-18(4)11(13)3/h12H,5-9H2,1-4H3,(H,16,19)(H,20,21). The molecule has 0 fully saturated rings. The van der Waals surface area contributed by atoms with Crippen LogP contribution < -0.4 is 5.32 Å². The molecule has 21 heavy (non-hydrogen) atoms. The summed E-state index contributed by atoms with van der Waals surface area (Å²) in [5.41, 5.74) is 3.16. The Morgan fingerprint density at radius 3 is 2.52 bits per heavy atom. The molecular weight excluding hydrogens is 270 g/mol. The van der Waals surface area contributed by atoms with Gasteiger partial charge in [0, 0.05) is 32.1 Å². The second-order valence-electron chi connectivity index (χ2n) is 5.45. The zero-order chi connectivity index (χ0) is 16.0. The third-order valence-corrected chi connectivity index (χ3v) is 3.89. The summed E-state index contributed by atoms with van der Waals surface area (Å²) in [5, 5.41) is 15.9. The summed E-state index contributed by atoms with van der Waals surface area (Å²) in [6, 6.07) is 0. The Morgan fingerprint density at radius 2 is 2.05 bits per heavy atom. The van der Waals surface area contributed by atoms with E-state index in [4.69, 9.17) is 5.11 Å². The normalized spacial score (nSPS) is 12.2. The number of aliphatic carboxylic acids is 1. The first-order valence-corrected chi connectivity index (χ1v) is 7.32. The van der Waals surface area contributed by atoms with Crippen molar-refractivity contribution in [2.75, 3.05) is 6.54 Å². The maximum Gasteiger partial charge on any atom is 0.303 e. The van der Waals surface area contributed by atoms with Gasteiger partial charge in [-0.1, -0.05) is 13.3 Å². The molecule has 6 nitrogen and oxygen atoms in total. The molecule has 0 aliphatic heterocycles. The lowest BCUT2D eigenvalue weighted by Gasteiger charge is -2.13. The Bertz CT molecular complexity index is 509. The minimum absolute atomic E-state index is 0.00619. The number of carboxylic acid groups (broad SMARTS) is 1. The van der Waals surface area contributed by atoms with E-state index < -0.39 is 5.97 Å². The molecule has 0 aliphatic carbocycles. The summed E-state index contributed by atoms with van der Waals surface area (Å²) < 4.78 is 1.82. The van der Waals surface area contributed by atoms with Crippen LogP contribution in [-0.2, 0) is 23.1 Å². The van der Waals surface area contributed by atoms with Crippen LogP contribution in [0.1, 0.15) is 43.1 Å². The van der Waals surface area contributed by atoms with Crippen molar-refractivity contribution in [2.45, 2.75) is 46.5 Å². The van der Waals surface area contributed by atoms with E-state index in [0.717, 1.165) is 23.4 Å². The Labute approximate surface area is 125 Å². The predicted octanol–water partition coefficient (Wildman–Crippen LogP) is 1.59. The number of aromatic nitrogens is 2. The first-order chi connectivity index (χ1) is 9.85. The van der Waals surface area contributed by atoms with E-state index in [1.807, 2.05) is 32.5 Å². The molecule has 0 spiro atoms. The monoisotopic (exact) mass is 295 g/mol. The number of hydrogen-bond acceptors (Lipinski definition) is 3. The maximum atomic E-state index is 11.9. The topological polar surface area (TPSA) is 84.2 Å². The lowest BCUT2D eigenvalue weighted by molar-refractivity contribution is -0.138. The molecule has 1 atom stereocenters. The molecule has 0 aliphatic rings. The highest BCUT2D eigenvalue weighted by atomic mass is 16.4. The van der Waals surface area contributed by atoms with Crippen molar-refractivity contribution >= 4 is 11.9 Å². The molecule has 1 unspecified atom stereocenters. The number of hydrogen-bond donors (Lipinski definition) is 2. The molecule has 118 valence electrons. The fourth-order valence-electron chi connectivity index (χ4n) is 2.37. The largest absolute Gasteiger partial charge is 0.481 e. The van der Waals surface area contributed by atoms with E-state index in [1.165, 1.54) is 0 Å². The van der Waals surface area contributed by atoms with Gasteiger partial charge >= 0.3 is 5.97 Å². The minimum Gasteiger partial charge on any atom is -0.481 e. The molecule has 1 amide bonds. The summed E-state index contributed by atoms with van der Waals surface area (Å²) >= 11 is 0. The van der Waals surface area contributed by atoms with Crippen LogP contribution in [0.15, 0.2) is 0 Å². The van der Waals surface area contributed by atoms with E-state index in [-0.39, 0.29) is 18.2 Å². The fourth-order valence-corrected chi connectivity index (χ4v) is 2.37. The van der Waals surface area contributed by atoms with Crippen molar-refractivity contribution in [1.82, 2.24) is 15.1 Å². The number of nitrogens with one attached hydrogen (secondary N) is 1. The quantitative estimate of drug-likeness (QED) is 0.762. The first kappa shape index (κ1) is 17.2. The molecule has 1 rings (SSSR count). The van der Waals surface area contributed by atoms with Gasteiger partial charge in [0.1, 0.15) is 0 Å². The second-order valence-corrected chi connectivity index (χ2v) is 5.45. The van der Waals surface area contributed by atoms with Crippen molar-refractivity contribution in [2.24, 2.45) is 13.0 Å². The lowest BCUT2D eigenvalue weighted by Crippen LogP contribution is -2.30. The molecule has 1 aromatic heterocycles. The van der Waals surface area contributed by atoms with Gasteiger partial charge in [-0.05, 0) is 31.7 Å². The Morgan fingerprint density at radius 1 is 1.38 bits per heavy atom.